The van der Waals surface area contributed by atoms with Gasteiger partial charge >= 0.3 is 0 Å². The van der Waals surface area contributed by atoms with Crippen LogP contribution < -0.4 is 10.2 Å². The molecule has 2 saturated heterocycles. The number of amides is 2. The van der Waals surface area contributed by atoms with Gasteiger partial charge in [-0.2, -0.15) is 0 Å². The summed E-state index contributed by atoms with van der Waals surface area (Å²) in [6.45, 7) is 3.05. The van der Waals surface area contributed by atoms with Crippen LogP contribution in [-0.4, -0.2) is 55.6 Å². The molecule has 26 heavy (non-hydrogen) atoms. The topological polar surface area (TPSA) is 61.9 Å². The van der Waals surface area contributed by atoms with E-state index in [1.165, 1.54) is 11.1 Å². The monoisotopic (exact) mass is 357 g/mol. The normalized spacial score (nSPS) is 24.3. The number of hydrogen-bond donors (Lipinski definition) is 1. The highest BCUT2D eigenvalue weighted by Crippen LogP contribution is 2.28. The van der Waals surface area contributed by atoms with Crippen LogP contribution in [0.3, 0.4) is 0 Å². The maximum atomic E-state index is 12.7. The molecule has 2 fully saturated rings. The third-order valence-corrected chi connectivity index (χ3v) is 5.91. The average Bonchev–Trinajstić information content (AvgIpc) is 3.04. The van der Waals surface area contributed by atoms with E-state index in [2.05, 4.69) is 17.4 Å². The molecule has 0 bridgehead atoms. The van der Waals surface area contributed by atoms with Gasteiger partial charge in [-0.25, -0.2) is 0 Å². The van der Waals surface area contributed by atoms with Crippen molar-refractivity contribution < 1.29 is 14.3 Å². The molecule has 1 aromatic carbocycles. The summed E-state index contributed by atoms with van der Waals surface area (Å²) < 4.78 is 5.41. The summed E-state index contributed by atoms with van der Waals surface area (Å²) in [5.74, 6) is 0.410. The Hall–Kier alpha value is -1.92. The molecule has 1 unspecified atom stereocenters. The highest BCUT2D eigenvalue weighted by molar-refractivity contribution is 5.95. The first-order chi connectivity index (χ1) is 12.6. The Morgan fingerprint density at radius 2 is 1.96 bits per heavy atom. The number of nitrogens with one attached hydrogen (secondary N) is 1. The third-order valence-electron chi connectivity index (χ3n) is 5.91. The number of fused-ring (bicyclic) bond motifs is 1. The summed E-state index contributed by atoms with van der Waals surface area (Å²) in [7, 11) is 1.83. The number of benzene rings is 1. The van der Waals surface area contributed by atoms with Crippen LogP contribution in [0.25, 0.3) is 0 Å². The molecular weight excluding hydrogens is 330 g/mol. The fourth-order valence-electron chi connectivity index (χ4n) is 4.31. The molecule has 6 heteroatoms. The van der Waals surface area contributed by atoms with Crippen LogP contribution >= 0.6 is 0 Å². The van der Waals surface area contributed by atoms with E-state index in [1.54, 1.807) is 4.90 Å². The largest absolute Gasteiger partial charge is 0.381 e. The second-order valence-corrected chi connectivity index (χ2v) is 7.51. The highest BCUT2D eigenvalue weighted by atomic mass is 16.5. The lowest BCUT2D eigenvalue weighted by molar-refractivity contribution is -0.133. The fourth-order valence-corrected chi connectivity index (χ4v) is 4.31. The van der Waals surface area contributed by atoms with E-state index in [9.17, 15) is 9.59 Å². The molecule has 2 amide bonds. The lowest BCUT2D eigenvalue weighted by Crippen LogP contribution is -2.44. The summed E-state index contributed by atoms with van der Waals surface area (Å²) in [6, 6.07) is 6.50. The molecule has 3 aliphatic heterocycles. The molecule has 0 aromatic heterocycles. The first-order valence-electron chi connectivity index (χ1n) is 9.63. The zero-order valence-electron chi connectivity index (χ0n) is 15.4. The van der Waals surface area contributed by atoms with Crippen molar-refractivity contribution in [2.24, 2.45) is 0 Å². The molecule has 0 radical (unpaired) electrons. The van der Waals surface area contributed by atoms with Crippen molar-refractivity contribution in [3.05, 3.63) is 29.3 Å². The van der Waals surface area contributed by atoms with Crippen molar-refractivity contribution in [2.75, 3.05) is 31.7 Å². The van der Waals surface area contributed by atoms with Crippen molar-refractivity contribution in [3.63, 3.8) is 0 Å². The minimum absolute atomic E-state index is 0.0851. The van der Waals surface area contributed by atoms with Gasteiger partial charge in [-0.15, -0.1) is 0 Å². The van der Waals surface area contributed by atoms with E-state index >= 15 is 0 Å². The number of likely N-dealkylation sites (tertiary alicyclic amines) is 1. The predicted molar refractivity (Wildman–Crippen MR) is 99.0 cm³/mol. The van der Waals surface area contributed by atoms with Crippen molar-refractivity contribution in [1.29, 1.82) is 0 Å². The number of aryl methyl sites for hydroxylation is 1. The molecule has 6 nitrogen and oxygen atoms in total. The van der Waals surface area contributed by atoms with Gasteiger partial charge in [0.2, 0.25) is 11.8 Å². The maximum absolute atomic E-state index is 12.7. The third kappa shape index (κ3) is 3.35. The molecule has 1 atom stereocenters. The number of nitrogens with zero attached hydrogens (tertiary/aromatic N) is 2. The number of rotatable bonds is 4. The van der Waals surface area contributed by atoms with Crippen molar-refractivity contribution in [3.8, 4) is 0 Å². The van der Waals surface area contributed by atoms with Gasteiger partial charge in [0.05, 0.1) is 6.04 Å². The smallest absolute Gasteiger partial charge is 0.240 e. The SMILES string of the molecule is CN1C(=O)CCc2cc(CNC3CCN(C4CCOCC4)C3=O)ccc21. The minimum atomic E-state index is -0.0851. The maximum Gasteiger partial charge on any atom is 0.240 e. The number of ether oxygens (including phenoxy) is 1. The van der Waals surface area contributed by atoms with Gasteiger partial charge in [0.1, 0.15) is 0 Å². The van der Waals surface area contributed by atoms with Crippen LogP contribution in [0.5, 0.6) is 0 Å². The van der Waals surface area contributed by atoms with Crippen LogP contribution in [0, 0.1) is 0 Å². The molecule has 140 valence electrons. The Balaban J connectivity index is 1.36. The van der Waals surface area contributed by atoms with E-state index < -0.39 is 0 Å². The molecule has 0 saturated carbocycles. The Kier molecular flexibility index (Phi) is 4.96. The minimum Gasteiger partial charge on any atom is -0.381 e. The summed E-state index contributed by atoms with van der Waals surface area (Å²) >= 11 is 0. The molecule has 0 spiro atoms. The van der Waals surface area contributed by atoms with E-state index in [0.717, 1.165) is 51.1 Å². The summed E-state index contributed by atoms with van der Waals surface area (Å²) in [5, 5.41) is 3.44. The second kappa shape index (κ2) is 7.37. The Bertz CT molecular complexity index is 700. The van der Waals surface area contributed by atoms with Gasteiger partial charge in [0, 0.05) is 51.5 Å². The van der Waals surface area contributed by atoms with Crippen molar-refractivity contribution in [1.82, 2.24) is 10.2 Å². The average molecular weight is 357 g/mol. The van der Waals surface area contributed by atoms with Crippen LogP contribution in [-0.2, 0) is 27.3 Å². The molecule has 1 aromatic rings. The second-order valence-electron chi connectivity index (χ2n) is 7.51. The Morgan fingerprint density at radius 3 is 2.77 bits per heavy atom. The summed E-state index contributed by atoms with van der Waals surface area (Å²) in [4.78, 5) is 28.3. The van der Waals surface area contributed by atoms with E-state index in [-0.39, 0.29) is 17.9 Å². The van der Waals surface area contributed by atoms with Crippen LogP contribution in [0.4, 0.5) is 5.69 Å². The number of carbonyl (C=O) groups is 2. The summed E-state index contributed by atoms with van der Waals surface area (Å²) in [6.07, 6.45) is 4.15. The van der Waals surface area contributed by atoms with Crippen LogP contribution in [0.15, 0.2) is 18.2 Å². The molecule has 3 heterocycles. The van der Waals surface area contributed by atoms with Gasteiger partial charge in [-0.05, 0) is 42.9 Å². The zero-order chi connectivity index (χ0) is 18.1. The first-order valence-corrected chi connectivity index (χ1v) is 9.63. The Morgan fingerprint density at radius 1 is 1.15 bits per heavy atom. The van der Waals surface area contributed by atoms with Gasteiger partial charge in [0.25, 0.3) is 0 Å². The first kappa shape index (κ1) is 17.5. The van der Waals surface area contributed by atoms with E-state index in [1.807, 2.05) is 18.0 Å². The summed E-state index contributed by atoms with van der Waals surface area (Å²) in [5.41, 5.74) is 3.39. The van der Waals surface area contributed by atoms with Gasteiger partial charge < -0.3 is 19.9 Å². The fraction of sp³-hybridized carbons (Fsp3) is 0.600. The van der Waals surface area contributed by atoms with Gasteiger partial charge in [-0.3, -0.25) is 9.59 Å². The molecule has 1 N–H and O–H groups in total. The highest BCUT2D eigenvalue weighted by Gasteiger charge is 2.36. The van der Waals surface area contributed by atoms with Crippen LogP contribution in [0.1, 0.15) is 36.8 Å². The van der Waals surface area contributed by atoms with Gasteiger partial charge in [-0.1, -0.05) is 12.1 Å². The zero-order valence-corrected chi connectivity index (χ0v) is 15.4. The lowest BCUT2D eigenvalue weighted by Gasteiger charge is -2.31. The number of hydrogen-bond acceptors (Lipinski definition) is 4. The van der Waals surface area contributed by atoms with E-state index in [0.29, 0.717) is 19.0 Å². The predicted octanol–water partition coefficient (Wildman–Crippen LogP) is 1.47. The van der Waals surface area contributed by atoms with Crippen molar-refractivity contribution in [2.45, 2.75) is 50.7 Å². The standard InChI is InChI=1S/C20H27N3O3/c1-22-18-4-2-14(12-15(18)3-5-19(22)24)13-21-17-6-9-23(20(17)25)16-7-10-26-11-8-16/h2,4,12,16-17,21H,3,5-11,13H2,1H3. The quantitative estimate of drug-likeness (QED) is 0.886. The molecule has 4 rings (SSSR count). The molecule has 0 aliphatic carbocycles. The van der Waals surface area contributed by atoms with Gasteiger partial charge in [0.15, 0.2) is 0 Å². The Labute approximate surface area is 154 Å². The number of anilines is 1. The number of carbonyl (C=O) groups excluding carboxylic acids is 2. The molecular formula is C20H27N3O3. The van der Waals surface area contributed by atoms with Crippen LogP contribution in [0.2, 0.25) is 0 Å². The molecule has 3 aliphatic rings. The van der Waals surface area contributed by atoms with E-state index in [4.69, 9.17) is 4.74 Å². The lowest BCUT2D eigenvalue weighted by atomic mass is 9.99. The van der Waals surface area contributed by atoms with Crippen molar-refractivity contribution >= 4 is 17.5 Å².